The Morgan fingerprint density at radius 3 is 2.56 bits per heavy atom. The van der Waals surface area contributed by atoms with Crippen LogP contribution >= 0.6 is 0 Å². The van der Waals surface area contributed by atoms with Crippen LogP contribution in [0.4, 0.5) is 16.2 Å². The molecule has 0 radical (unpaired) electrons. The SMILES string of the molecule is COc1ccc(NC(=O)N(C)C[C@@H]2Oc3ccc(NS(=O)(=O)c4cn(C)cn4)cc3CC(=O)N([C@@H](C)CO)C[C@H]2C)cc1. The Bertz CT molecular complexity index is 1540. The van der Waals surface area contributed by atoms with Crippen LogP contribution in [0.5, 0.6) is 11.5 Å². The Balaban J connectivity index is 1.59. The number of imidazole rings is 1. The third-order valence-corrected chi connectivity index (χ3v) is 8.53. The first kappa shape index (κ1) is 31.6. The molecule has 3 atom stereocenters. The first-order chi connectivity index (χ1) is 20.4. The second kappa shape index (κ2) is 13.3. The molecule has 0 fully saturated rings. The molecule has 2 heterocycles. The van der Waals surface area contributed by atoms with E-state index >= 15 is 0 Å². The maximum absolute atomic E-state index is 13.5. The first-order valence-corrected chi connectivity index (χ1v) is 15.2. The molecule has 14 heteroatoms. The van der Waals surface area contributed by atoms with Gasteiger partial charge in [-0.15, -0.1) is 0 Å². The minimum Gasteiger partial charge on any atom is -0.497 e. The van der Waals surface area contributed by atoms with E-state index in [-0.39, 0.29) is 54.7 Å². The summed E-state index contributed by atoms with van der Waals surface area (Å²) in [6.07, 6.45) is 2.15. The van der Waals surface area contributed by atoms with Crippen LogP contribution in [0.2, 0.25) is 0 Å². The van der Waals surface area contributed by atoms with Crippen LogP contribution in [0.3, 0.4) is 0 Å². The van der Waals surface area contributed by atoms with E-state index in [9.17, 15) is 23.1 Å². The van der Waals surface area contributed by atoms with Crippen molar-refractivity contribution in [1.82, 2.24) is 19.4 Å². The zero-order valence-corrected chi connectivity index (χ0v) is 25.7. The molecule has 0 unspecified atom stereocenters. The zero-order valence-electron chi connectivity index (χ0n) is 24.9. The Kier molecular flexibility index (Phi) is 9.81. The molecule has 43 heavy (non-hydrogen) atoms. The smallest absolute Gasteiger partial charge is 0.321 e. The standard InChI is InChI=1S/C29H38N6O7S/c1-19-14-35(20(2)17-36)28(37)13-21-12-23(32-43(39,40)27-16-33(3)18-30-27)8-11-25(21)42-26(19)15-34(4)29(38)31-22-6-9-24(41-5)10-7-22/h6-12,16,18-20,26,32,36H,13-15,17H2,1-5H3,(H,31,38)/t19-,20+,26+/m1/s1. The fraction of sp³-hybridized carbons (Fsp3) is 0.414. The second-order valence-corrected chi connectivity index (χ2v) is 12.4. The number of fused-ring (bicyclic) bond motifs is 1. The van der Waals surface area contributed by atoms with E-state index in [1.165, 1.54) is 22.0 Å². The highest BCUT2D eigenvalue weighted by Crippen LogP contribution is 2.30. The number of hydrogen-bond acceptors (Lipinski definition) is 8. The van der Waals surface area contributed by atoms with Crippen LogP contribution in [0, 0.1) is 5.92 Å². The number of aliphatic hydroxyl groups is 1. The van der Waals surface area contributed by atoms with Gasteiger partial charge in [-0.25, -0.2) is 9.78 Å². The van der Waals surface area contributed by atoms with Gasteiger partial charge < -0.3 is 34.3 Å². The number of aliphatic hydroxyl groups excluding tert-OH is 1. The fourth-order valence-corrected chi connectivity index (χ4v) is 5.72. The molecule has 0 aliphatic carbocycles. The molecule has 232 valence electrons. The number of rotatable bonds is 9. The molecule has 3 amide bonds. The number of nitrogens with one attached hydrogen (secondary N) is 2. The lowest BCUT2D eigenvalue weighted by Crippen LogP contribution is -2.48. The largest absolute Gasteiger partial charge is 0.497 e. The van der Waals surface area contributed by atoms with Gasteiger partial charge in [-0.1, -0.05) is 6.92 Å². The molecular formula is C29H38N6O7S. The number of amides is 3. The number of likely N-dealkylation sites (N-methyl/N-ethyl adjacent to an activating group) is 1. The predicted octanol–water partition coefficient (Wildman–Crippen LogP) is 2.54. The summed E-state index contributed by atoms with van der Waals surface area (Å²) in [5.74, 6) is 0.590. The lowest BCUT2D eigenvalue weighted by molar-refractivity contribution is -0.134. The summed E-state index contributed by atoms with van der Waals surface area (Å²) in [6.45, 7) is 3.92. The van der Waals surface area contributed by atoms with Gasteiger partial charge in [-0.2, -0.15) is 8.42 Å². The van der Waals surface area contributed by atoms with Crippen molar-refractivity contribution in [3.63, 3.8) is 0 Å². The van der Waals surface area contributed by atoms with Gasteiger partial charge in [0.2, 0.25) is 5.91 Å². The summed E-state index contributed by atoms with van der Waals surface area (Å²) in [6, 6.07) is 10.9. The molecular weight excluding hydrogens is 576 g/mol. The summed E-state index contributed by atoms with van der Waals surface area (Å²) in [5.41, 5.74) is 1.30. The topological polar surface area (TPSA) is 155 Å². The van der Waals surface area contributed by atoms with Gasteiger partial charge >= 0.3 is 6.03 Å². The van der Waals surface area contributed by atoms with E-state index in [1.54, 1.807) is 75.5 Å². The van der Waals surface area contributed by atoms with E-state index in [1.807, 2.05) is 6.92 Å². The number of aryl methyl sites for hydroxylation is 1. The van der Waals surface area contributed by atoms with E-state index < -0.39 is 22.2 Å². The Morgan fingerprint density at radius 1 is 1.23 bits per heavy atom. The number of carbonyl (C=O) groups excluding carboxylic acids is 2. The first-order valence-electron chi connectivity index (χ1n) is 13.8. The third kappa shape index (κ3) is 7.76. The van der Waals surface area contributed by atoms with Gasteiger partial charge in [0.1, 0.15) is 17.6 Å². The molecule has 13 nitrogen and oxygen atoms in total. The fourth-order valence-electron chi connectivity index (χ4n) is 4.69. The van der Waals surface area contributed by atoms with Gasteiger partial charge in [0.25, 0.3) is 10.0 Å². The minimum atomic E-state index is -3.97. The number of carbonyl (C=O) groups is 2. The maximum Gasteiger partial charge on any atom is 0.321 e. The number of hydrogen-bond donors (Lipinski definition) is 3. The van der Waals surface area contributed by atoms with Gasteiger partial charge in [-0.3, -0.25) is 9.52 Å². The summed E-state index contributed by atoms with van der Waals surface area (Å²) in [5, 5.41) is 12.6. The van der Waals surface area contributed by atoms with Crippen LogP contribution in [0.25, 0.3) is 0 Å². The molecule has 3 aromatic rings. The molecule has 0 saturated heterocycles. The van der Waals surface area contributed by atoms with E-state index in [0.717, 1.165) is 0 Å². The predicted molar refractivity (Wildman–Crippen MR) is 161 cm³/mol. The van der Waals surface area contributed by atoms with E-state index in [4.69, 9.17) is 9.47 Å². The number of sulfonamides is 1. The van der Waals surface area contributed by atoms with Crippen LogP contribution < -0.4 is 19.5 Å². The van der Waals surface area contributed by atoms with Crippen LogP contribution in [0.15, 0.2) is 60.0 Å². The number of methoxy groups -OCH3 is 1. The molecule has 1 aromatic heterocycles. The van der Waals surface area contributed by atoms with Crippen molar-refractivity contribution in [3.05, 3.63) is 60.6 Å². The van der Waals surface area contributed by atoms with E-state index in [2.05, 4.69) is 15.0 Å². The quantitative estimate of drug-likeness (QED) is 0.332. The normalized spacial score (nSPS) is 17.9. The highest BCUT2D eigenvalue weighted by atomic mass is 32.2. The monoisotopic (exact) mass is 614 g/mol. The molecule has 0 spiro atoms. The average Bonchev–Trinajstić information content (AvgIpc) is 3.44. The maximum atomic E-state index is 13.5. The van der Waals surface area contributed by atoms with E-state index in [0.29, 0.717) is 22.7 Å². The zero-order chi connectivity index (χ0) is 31.3. The van der Waals surface area contributed by atoms with Crippen molar-refractivity contribution in [2.45, 2.75) is 37.4 Å². The van der Waals surface area contributed by atoms with Crippen LogP contribution in [0.1, 0.15) is 19.4 Å². The number of aromatic nitrogens is 2. The van der Waals surface area contributed by atoms with Gasteiger partial charge in [0.05, 0.1) is 39.1 Å². The minimum absolute atomic E-state index is 0.0773. The summed E-state index contributed by atoms with van der Waals surface area (Å²) in [7, 11) is 0.913. The van der Waals surface area contributed by atoms with Gasteiger partial charge in [-0.05, 0) is 49.4 Å². The lowest BCUT2D eigenvalue weighted by Gasteiger charge is -2.34. The van der Waals surface area contributed by atoms with Crippen molar-refractivity contribution in [2.24, 2.45) is 13.0 Å². The lowest BCUT2D eigenvalue weighted by atomic mass is 10.0. The molecule has 3 N–H and O–H groups in total. The van der Waals surface area contributed by atoms with Gasteiger partial charge in [0, 0.05) is 49.7 Å². The Morgan fingerprint density at radius 2 is 1.93 bits per heavy atom. The van der Waals surface area contributed by atoms with Crippen molar-refractivity contribution in [1.29, 1.82) is 0 Å². The molecule has 1 aliphatic rings. The number of anilines is 2. The summed E-state index contributed by atoms with van der Waals surface area (Å²) < 4.78 is 41.4. The van der Waals surface area contributed by atoms with Crippen LogP contribution in [-0.4, -0.2) is 90.8 Å². The van der Waals surface area contributed by atoms with Crippen molar-refractivity contribution in [3.8, 4) is 11.5 Å². The van der Waals surface area contributed by atoms with Crippen LogP contribution in [-0.2, 0) is 28.3 Å². The number of benzene rings is 2. The molecule has 0 bridgehead atoms. The van der Waals surface area contributed by atoms with Crippen molar-refractivity contribution in [2.75, 3.05) is 43.9 Å². The average molecular weight is 615 g/mol. The Labute approximate surface area is 251 Å². The summed E-state index contributed by atoms with van der Waals surface area (Å²) in [4.78, 5) is 33.5. The Hall–Kier alpha value is -4.30. The molecule has 1 aliphatic heterocycles. The number of urea groups is 1. The molecule has 2 aromatic carbocycles. The second-order valence-electron chi connectivity index (χ2n) is 10.7. The van der Waals surface area contributed by atoms with Crippen molar-refractivity contribution < 1.29 is 32.6 Å². The highest BCUT2D eigenvalue weighted by Gasteiger charge is 2.32. The highest BCUT2D eigenvalue weighted by molar-refractivity contribution is 7.92. The molecule has 0 saturated carbocycles. The molecule has 4 rings (SSSR count). The number of ether oxygens (including phenoxy) is 2. The summed E-state index contributed by atoms with van der Waals surface area (Å²) >= 11 is 0. The number of nitrogens with zero attached hydrogens (tertiary/aromatic N) is 4. The van der Waals surface area contributed by atoms with Crippen molar-refractivity contribution >= 4 is 33.3 Å². The van der Waals surface area contributed by atoms with Gasteiger partial charge in [0.15, 0.2) is 5.03 Å². The third-order valence-electron chi connectivity index (χ3n) is 7.27.